The Balaban J connectivity index is 1.96. The second-order valence-electron chi connectivity index (χ2n) is 5.27. The average molecular weight is 247 g/mol. The van der Waals surface area contributed by atoms with Crippen molar-refractivity contribution in [3.05, 3.63) is 29.8 Å². The number of aromatic hydroxyl groups is 1. The number of hydrogen-bond donors (Lipinski definition) is 1. The molecule has 1 saturated carbocycles. The van der Waals surface area contributed by atoms with Gasteiger partial charge in [0, 0.05) is 13.5 Å². The molecule has 1 unspecified atom stereocenters. The molecule has 2 rings (SSSR count). The topological polar surface area (TPSA) is 40.5 Å². The van der Waals surface area contributed by atoms with Gasteiger partial charge < -0.3 is 10.0 Å². The monoisotopic (exact) mass is 247 g/mol. The molecular formula is C15H21NO2. The molecule has 1 amide bonds. The summed E-state index contributed by atoms with van der Waals surface area (Å²) in [5.41, 5.74) is 1.05. The highest BCUT2D eigenvalue weighted by Crippen LogP contribution is 2.31. The lowest BCUT2D eigenvalue weighted by molar-refractivity contribution is -0.133. The summed E-state index contributed by atoms with van der Waals surface area (Å²) in [6.45, 7) is 2.02. The highest BCUT2D eigenvalue weighted by molar-refractivity contribution is 5.76. The van der Waals surface area contributed by atoms with Crippen LogP contribution >= 0.6 is 0 Å². The largest absolute Gasteiger partial charge is 0.508 e. The Labute approximate surface area is 108 Å². The van der Waals surface area contributed by atoms with E-state index in [9.17, 15) is 9.90 Å². The molecule has 1 fully saturated rings. The van der Waals surface area contributed by atoms with Crippen molar-refractivity contribution in [2.24, 2.45) is 5.92 Å². The van der Waals surface area contributed by atoms with E-state index in [1.807, 2.05) is 31.0 Å². The number of carbonyl (C=O) groups excluding carboxylic acids is 1. The maximum absolute atomic E-state index is 12.1. The lowest BCUT2D eigenvalue weighted by atomic mass is 9.82. The number of nitrogens with zero attached hydrogens (tertiary/aromatic N) is 1. The van der Waals surface area contributed by atoms with Gasteiger partial charge in [-0.15, -0.1) is 0 Å². The van der Waals surface area contributed by atoms with E-state index in [0.717, 1.165) is 5.56 Å². The minimum Gasteiger partial charge on any atom is -0.508 e. The molecule has 1 atom stereocenters. The van der Waals surface area contributed by atoms with Crippen LogP contribution in [-0.4, -0.2) is 23.0 Å². The van der Waals surface area contributed by atoms with E-state index in [2.05, 4.69) is 0 Å². The standard InChI is InChI=1S/C15H21NO2/c1-11(13-6-8-14(17)9-7-13)16(2)15(18)10-12-4-3-5-12/h6-9,11-12,17H,3-5,10H2,1-2H3. The summed E-state index contributed by atoms with van der Waals surface area (Å²) >= 11 is 0. The highest BCUT2D eigenvalue weighted by atomic mass is 16.3. The third-order valence-electron chi connectivity index (χ3n) is 4.04. The maximum Gasteiger partial charge on any atom is 0.223 e. The molecule has 1 N–H and O–H groups in total. The van der Waals surface area contributed by atoms with Crippen LogP contribution in [0.1, 0.15) is 44.2 Å². The molecule has 98 valence electrons. The second kappa shape index (κ2) is 5.42. The van der Waals surface area contributed by atoms with Gasteiger partial charge in [0.25, 0.3) is 0 Å². The highest BCUT2D eigenvalue weighted by Gasteiger charge is 2.24. The van der Waals surface area contributed by atoms with E-state index in [1.165, 1.54) is 19.3 Å². The summed E-state index contributed by atoms with van der Waals surface area (Å²) in [4.78, 5) is 13.9. The normalized spacial score (nSPS) is 17.0. The fraction of sp³-hybridized carbons (Fsp3) is 0.533. The molecule has 0 spiro atoms. The zero-order chi connectivity index (χ0) is 13.1. The zero-order valence-electron chi connectivity index (χ0n) is 11.1. The van der Waals surface area contributed by atoms with E-state index in [1.54, 1.807) is 12.1 Å². The Morgan fingerprint density at radius 1 is 1.39 bits per heavy atom. The average Bonchev–Trinajstić information content (AvgIpc) is 2.32. The van der Waals surface area contributed by atoms with Crippen LogP contribution in [0.25, 0.3) is 0 Å². The predicted molar refractivity (Wildman–Crippen MR) is 71.2 cm³/mol. The van der Waals surface area contributed by atoms with Gasteiger partial charge in [0.2, 0.25) is 5.91 Å². The van der Waals surface area contributed by atoms with Gasteiger partial charge in [-0.3, -0.25) is 4.79 Å². The Kier molecular flexibility index (Phi) is 3.90. The Morgan fingerprint density at radius 2 is 2.00 bits per heavy atom. The summed E-state index contributed by atoms with van der Waals surface area (Å²) < 4.78 is 0. The SMILES string of the molecule is CC(c1ccc(O)cc1)N(C)C(=O)CC1CCC1. The fourth-order valence-corrected chi connectivity index (χ4v) is 2.28. The van der Waals surface area contributed by atoms with Crippen molar-refractivity contribution >= 4 is 5.91 Å². The van der Waals surface area contributed by atoms with Crippen molar-refractivity contribution in [3.63, 3.8) is 0 Å². The van der Waals surface area contributed by atoms with Gasteiger partial charge in [-0.25, -0.2) is 0 Å². The van der Waals surface area contributed by atoms with E-state index in [0.29, 0.717) is 12.3 Å². The second-order valence-corrected chi connectivity index (χ2v) is 5.27. The summed E-state index contributed by atoms with van der Waals surface area (Å²) in [7, 11) is 1.86. The van der Waals surface area contributed by atoms with Gasteiger partial charge in [-0.05, 0) is 43.4 Å². The van der Waals surface area contributed by atoms with Crippen LogP contribution in [0.3, 0.4) is 0 Å². The Hall–Kier alpha value is -1.51. The lowest BCUT2D eigenvalue weighted by Crippen LogP contribution is -2.32. The van der Waals surface area contributed by atoms with Crippen LogP contribution in [0.15, 0.2) is 24.3 Å². The molecule has 1 aliphatic carbocycles. The predicted octanol–water partition coefficient (Wildman–Crippen LogP) is 3.10. The molecule has 18 heavy (non-hydrogen) atoms. The van der Waals surface area contributed by atoms with Crippen LogP contribution in [0.4, 0.5) is 0 Å². The first kappa shape index (κ1) is 12.9. The third kappa shape index (κ3) is 2.84. The molecule has 0 radical (unpaired) electrons. The molecular weight excluding hydrogens is 226 g/mol. The van der Waals surface area contributed by atoms with Gasteiger partial charge in [0.15, 0.2) is 0 Å². The smallest absolute Gasteiger partial charge is 0.223 e. The number of carbonyl (C=O) groups is 1. The molecule has 0 saturated heterocycles. The number of hydrogen-bond acceptors (Lipinski definition) is 2. The van der Waals surface area contributed by atoms with Crippen molar-refractivity contribution in [2.45, 2.75) is 38.6 Å². The molecule has 3 nitrogen and oxygen atoms in total. The summed E-state index contributed by atoms with van der Waals surface area (Å²) in [5, 5.41) is 9.26. The molecule has 3 heteroatoms. The minimum absolute atomic E-state index is 0.0539. The minimum atomic E-state index is 0.0539. The van der Waals surface area contributed by atoms with Crippen LogP contribution in [0, 0.1) is 5.92 Å². The van der Waals surface area contributed by atoms with Gasteiger partial charge >= 0.3 is 0 Å². The molecule has 0 aliphatic heterocycles. The molecule has 0 bridgehead atoms. The van der Waals surface area contributed by atoms with Crippen molar-refractivity contribution < 1.29 is 9.90 Å². The maximum atomic E-state index is 12.1. The van der Waals surface area contributed by atoms with Gasteiger partial charge in [0.05, 0.1) is 6.04 Å². The van der Waals surface area contributed by atoms with Crippen molar-refractivity contribution in [2.75, 3.05) is 7.05 Å². The number of phenols is 1. The molecule has 1 aromatic rings. The van der Waals surface area contributed by atoms with E-state index in [4.69, 9.17) is 0 Å². The molecule has 1 aliphatic rings. The Morgan fingerprint density at radius 3 is 2.50 bits per heavy atom. The molecule has 0 aromatic heterocycles. The quantitative estimate of drug-likeness (QED) is 0.888. The van der Waals surface area contributed by atoms with Gasteiger partial charge in [-0.2, -0.15) is 0 Å². The first-order valence-electron chi connectivity index (χ1n) is 6.62. The first-order valence-corrected chi connectivity index (χ1v) is 6.62. The van der Waals surface area contributed by atoms with Crippen LogP contribution in [0.2, 0.25) is 0 Å². The number of amides is 1. The van der Waals surface area contributed by atoms with Gasteiger partial charge in [-0.1, -0.05) is 18.6 Å². The lowest BCUT2D eigenvalue weighted by Gasteiger charge is -2.30. The Bertz CT molecular complexity index is 409. The molecule has 0 heterocycles. The van der Waals surface area contributed by atoms with Crippen LogP contribution in [0.5, 0.6) is 5.75 Å². The van der Waals surface area contributed by atoms with E-state index >= 15 is 0 Å². The number of phenolic OH excluding ortho intramolecular Hbond substituents is 1. The number of benzene rings is 1. The number of rotatable bonds is 4. The van der Waals surface area contributed by atoms with Crippen LogP contribution < -0.4 is 0 Å². The van der Waals surface area contributed by atoms with E-state index < -0.39 is 0 Å². The van der Waals surface area contributed by atoms with Crippen molar-refractivity contribution in [1.29, 1.82) is 0 Å². The first-order chi connectivity index (χ1) is 8.58. The van der Waals surface area contributed by atoms with E-state index in [-0.39, 0.29) is 17.7 Å². The van der Waals surface area contributed by atoms with Crippen molar-refractivity contribution in [1.82, 2.24) is 4.90 Å². The zero-order valence-corrected chi connectivity index (χ0v) is 11.1. The molecule has 1 aromatic carbocycles. The third-order valence-corrected chi connectivity index (χ3v) is 4.04. The van der Waals surface area contributed by atoms with Crippen LogP contribution in [-0.2, 0) is 4.79 Å². The summed E-state index contributed by atoms with van der Waals surface area (Å²) in [5.74, 6) is 1.08. The van der Waals surface area contributed by atoms with Crippen molar-refractivity contribution in [3.8, 4) is 5.75 Å². The summed E-state index contributed by atoms with van der Waals surface area (Å²) in [6.07, 6.45) is 4.36. The van der Waals surface area contributed by atoms with Gasteiger partial charge in [0.1, 0.15) is 5.75 Å². The summed E-state index contributed by atoms with van der Waals surface area (Å²) in [6, 6.07) is 7.12. The fourth-order valence-electron chi connectivity index (χ4n) is 2.28.